The van der Waals surface area contributed by atoms with Crippen LogP contribution in [-0.2, 0) is 7.05 Å². The van der Waals surface area contributed by atoms with Gasteiger partial charge in [0.05, 0.1) is 6.04 Å². The molecule has 2 atom stereocenters. The van der Waals surface area contributed by atoms with E-state index in [0.717, 1.165) is 25.5 Å². The van der Waals surface area contributed by atoms with Gasteiger partial charge in [-0.3, -0.25) is 4.68 Å². The lowest BCUT2D eigenvalue weighted by molar-refractivity contribution is 0.460. The van der Waals surface area contributed by atoms with Crippen molar-refractivity contribution in [1.29, 1.82) is 0 Å². The molecule has 0 spiro atoms. The fraction of sp³-hybridized carbons (Fsp3) is 0.500. The first kappa shape index (κ1) is 14.1. The second-order valence-electron chi connectivity index (χ2n) is 5.84. The molecule has 3 rings (SSSR count). The van der Waals surface area contributed by atoms with Crippen LogP contribution in [0, 0.1) is 5.92 Å². The minimum absolute atomic E-state index is 0.206. The van der Waals surface area contributed by atoms with Crippen LogP contribution in [0.3, 0.4) is 0 Å². The minimum atomic E-state index is 0.206. The highest BCUT2D eigenvalue weighted by atomic mass is 15.3. The maximum absolute atomic E-state index is 4.35. The lowest BCUT2D eigenvalue weighted by Crippen LogP contribution is -2.28. The summed E-state index contributed by atoms with van der Waals surface area (Å²) in [6, 6.07) is 10.9. The van der Waals surface area contributed by atoms with E-state index in [1.165, 1.54) is 12.1 Å². The molecule has 112 valence electrons. The van der Waals surface area contributed by atoms with Crippen LogP contribution in [0.2, 0.25) is 0 Å². The molecule has 2 unspecified atom stereocenters. The van der Waals surface area contributed by atoms with E-state index in [0.29, 0.717) is 5.92 Å². The van der Waals surface area contributed by atoms with Gasteiger partial charge in [0, 0.05) is 32.4 Å². The van der Waals surface area contributed by atoms with E-state index < -0.39 is 0 Å². The number of anilines is 1. The summed E-state index contributed by atoms with van der Waals surface area (Å²) in [5.74, 6) is 1.56. The largest absolute Gasteiger partial charge is 0.371 e. The second-order valence-corrected chi connectivity index (χ2v) is 5.84. The number of para-hydroxylation sites is 1. The van der Waals surface area contributed by atoms with Crippen LogP contribution in [0.5, 0.6) is 0 Å². The Morgan fingerprint density at radius 1 is 1.33 bits per heavy atom. The van der Waals surface area contributed by atoms with Gasteiger partial charge in [-0.15, -0.1) is 0 Å². The summed E-state index contributed by atoms with van der Waals surface area (Å²) in [5, 5.41) is 7.91. The fourth-order valence-electron chi connectivity index (χ4n) is 2.86. The summed E-state index contributed by atoms with van der Waals surface area (Å²) in [7, 11) is 1.90. The highest BCUT2D eigenvalue weighted by Crippen LogP contribution is 2.23. The minimum Gasteiger partial charge on any atom is -0.371 e. The molecule has 1 fully saturated rings. The first-order valence-electron chi connectivity index (χ1n) is 7.61. The van der Waals surface area contributed by atoms with Crippen molar-refractivity contribution in [3.8, 4) is 0 Å². The molecule has 1 aromatic carbocycles. The molecule has 1 aliphatic heterocycles. The third-order valence-corrected chi connectivity index (χ3v) is 4.12. The van der Waals surface area contributed by atoms with Crippen LogP contribution >= 0.6 is 0 Å². The van der Waals surface area contributed by atoms with Gasteiger partial charge in [0.2, 0.25) is 0 Å². The van der Waals surface area contributed by atoms with Gasteiger partial charge in [-0.2, -0.15) is 5.10 Å². The van der Waals surface area contributed by atoms with Crippen molar-refractivity contribution in [2.45, 2.75) is 19.4 Å². The quantitative estimate of drug-likeness (QED) is 0.912. The van der Waals surface area contributed by atoms with Crippen molar-refractivity contribution in [2.24, 2.45) is 13.0 Å². The molecule has 0 amide bonds. The second kappa shape index (κ2) is 6.26. The van der Waals surface area contributed by atoms with E-state index in [9.17, 15) is 0 Å². The average molecular weight is 285 g/mol. The molecule has 2 aromatic rings. The summed E-state index contributed by atoms with van der Waals surface area (Å²) in [6.45, 7) is 5.41. The topological polar surface area (TPSA) is 46.0 Å². The van der Waals surface area contributed by atoms with E-state index in [-0.39, 0.29) is 6.04 Å². The number of rotatable bonds is 5. The van der Waals surface area contributed by atoms with Crippen molar-refractivity contribution < 1.29 is 0 Å². The highest BCUT2D eigenvalue weighted by molar-refractivity contribution is 5.46. The number of hydrogen-bond donors (Lipinski definition) is 1. The number of aromatic nitrogens is 3. The molecule has 0 saturated carbocycles. The Labute approximate surface area is 126 Å². The molecule has 5 heteroatoms. The van der Waals surface area contributed by atoms with Crippen molar-refractivity contribution in [3.63, 3.8) is 0 Å². The Morgan fingerprint density at radius 3 is 2.86 bits per heavy atom. The summed E-state index contributed by atoms with van der Waals surface area (Å²) in [6.07, 6.45) is 2.99. The lowest BCUT2D eigenvalue weighted by Gasteiger charge is -2.19. The van der Waals surface area contributed by atoms with E-state index in [1.807, 2.05) is 7.05 Å². The summed E-state index contributed by atoms with van der Waals surface area (Å²) < 4.78 is 1.75. The van der Waals surface area contributed by atoms with Gasteiger partial charge >= 0.3 is 0 Å². The van der Waals surface area contributed by atoms with Crippen LogP contribution in [0.1, 0.15) is 25.2 Å². The Hall–Kier alpha value is -1.88. The molecule has 2 heterocycles. The van der Waals surface area contributed by atoms with E-state index in [1.54, 1.807) is 11.0 Å². The van der Waals surface area contributed by atoms with Gasteiger partial charge in [0.25, 0.3) is 0 Å². The number of hydrogen-bond acceptors (Lipinski definition) is 4. The molecule has 1 aromatic heterocycles. The van der Waals surface area contributed by atoms with Gasteiger partial charge < -0.3 is 10.2 Å². The van der Waals surface area contributed by atoms with Crippen LogP contribution < -0.4 is 10.2 Å². The van der Waals surface area contributed by atoms with Gasteiger partial charge in [-0.25, -0.2) is 4.98 Å². The lowest BCUT2D eigenvalue weighted by atomic mass is 10.1. The van der Waals surface area contributed by atoms with E-state index in [2.05, 4.69) is 57.6 Å². The first-order chi connectivity index (χ1) is 10.2. The Kier molecular flexibility index (Phi) is 4.20. The third-order valence-electron chi connectivity index (χ3n) is 4.12. The molecular formula is C16H23N5. The maximum Gasteiger partial charge on any atom is 0.167 e. The summed E-state index contributed by atoms with van der Waals surface area (Å²) in [4.78, 5) is 6.77. The van der Waals surface area contributed by atoms with Gasteiger partial charge in [0.1, 0.15) is 6.33 Å². The molecule has 1 saturated heterocycles. The van der Waals surface area contributed by atoms with E-state index >= 15 is 0 Å². The molecule has 0 bridgehead atoms. The Morgan fingerprint density at radius 2 is 2.14 bits per heavy atom. The van der Waals surface area contributed by atoms with Crippen LogP contribution in [0.4, 0.5) is 5.69 Å². The molecule has 5 nitrogen and oxygen atoms in total. The predicted octanol–water partition coefficient (Wildman–Crippen LogP) is 1.99. The highest BCUT2D eigenvalue weighted by Gasteiger charge is 2.23. The van der Waals surface area contributed by atoms with Gasteiger partial charge in [0.15, 0.2) is 5.82 Å². The molecule has 1 N–H and O–H groups in total. The normalized spacial score (nSPS) is 19.9. The molecule has 21 heavy (non-hydrogen) atoms. The van der Waals surface area contributed by atoms with Gasteiger partial charge in [-0.05, 0) is 31.4 Å². The zero-order valence-electron chi connectivity index (χ0n) is 12.7. The predicted molar refractivity (Wildman–Crippen MR) is 84.2 cm³/mol. The zero-order valence-corrected chi connectivity index (χ0v) is 12.7. The zero-order chi connectivity index (χ0) is 14.7. The molecule has 0 aliphatic carbocycles. The van der Waals surface area contributed by atoms with Crippen molar-refractivity contribution in [3.05, 3.63) is 42.5 Å². The fourth-order valence-corrected chi connectivity index (χ4v) is 2.86. The van der Waals surface area contributed by atoms with E-state index in [4.69, 9.17) is 0 Å². The summed E-state index contributed by atoms with van der Waals surface area (Å²) in [5.41, 5.74) is 1.33. The number of benzene rings is 1. The van der Waals surface area contributed by atoms with Crippen LogP contribution in [0.15, 0.2) is 36.7 Å². The van der Waals surface area contributed by atoms with Crippen molar-refractivity contribution in [2.75, 3.05) is 24.5 Å². The SMILES string of the molecule is CC(NCC1CCN(c2ccccc2)C1)c1ncn(C)n1. The average Bonchev–Trinajstić information content (AvgIpc) is 3.15. The molecular weight excluding hydrogens is 262 g/mol. The smallest absolute Gasteiger partial charge is 0.167 e. The monoisotopic (exact) mass is 285 g/mol. The number of nitrogens with one attached hydrogen (secondary N) is 1. The van der Waals surface area contributed by atoms with Crippen LogP contribution in [0.25, 0.3) is 0 Å². The van der Waals surface area contributed by atoms with Crippen LogP contribution in [-0.4, -0.2) is 34.4 Å². The maximum atomic E-state index is 4.35. The number of aryl methyl sites for hydroxylation is 1. The van der Waals surface area contributed by atoms with Crippen molar-refractivity contribution in [1.82, 2.24) is 20.1 Å². The Balaban J connectivity index is 1.49. The first-order valence-corrected chi connectivity index (χ1v) is 7.61. The molecule has 0 radical (unpaired) electrons. The summed E-state index contributed by atoms with van der Waals surface area (Å²) >= 11 is 0. The van der Waals surface area contributed by atoms with Gasteiger partial charge in [-0.1, -0.05) is 18.2 Å². The Bertz CT molecular complexity index is 565. The van der Waals surface area contributed by atoms with Crippen molar-refractivity contribution >= 4 is 5.69 Å². The number of nitrogens with zero attached hydrogens (tertiary/aromatic N) is 4. The standard InChI is InChI=1S/C16H23N5/c1-13(16-18-12-20(2)19-16)17-10-14-8-9-21(11-14)15-6-4-3-5-7-15/h3-7,12-14,17H,8-11H2,1-2H3. The molecule has 1 aliphatic rings. The third kappa shape index (κ3) is 3.42.